The van der Waals surface area contributed by atoms with Crippen LogP contribution in [0.4, 0.5) is 10.1 Å². The number of halogens is 3. The van der Waals surface area contributed by atoms with E-state index >= 15 is 0 Å². The van der Waals surface area contributed by atoms with E-state index in [1.165, 1.54) is 23.1 Å². The molecule has 8 heteroatoms. The number of anilines is 1. The molecule has 4 nitrogen and oxygen atoms in total. The van der Waals surface area contributed by atoms with E-state index in [1.54, 1.807) is 11.3 Å². The lowest BCUT2D eigenvalue weighted by atomic mass is 10.2. The Bertz CT molecular complexity index is 778. The molecular formula is C18H20Cl2FN3OS. The van der Waals surface area contributed by atoms with Crippen molar-refractivity contribution < 1.29 is 9.18 Å². The van der Waals surface area contributed by atoms with E-state index in [9.17, 15) is 9.18 Å². The van der Waals surface area contributed by atoms with Crippen molar-refractivity contribution >= 4 is 46.1 Å². The molecule has 1 N–H and O–H groups in total. The molecule has 1 aliphatic rings. The van der Waals surface area contributed by atoms with Gasteiger partial charge in [-0.15, -0.1) is 11.3 Å². The third-order valence-corrected chi connectivity index (χ3v) is 6.06. The highest BCUT2D eigenvalue weighted by Crippen LogP contribution is 2.24. The van der Waals surface area contributed by atoms with E-state index in [4.69, 9.17) is 23.2 Å². The number of thiophene rings is 1. The molecule has 1 atom stereocenters. The Hall–Kier alpha value is -1.18. The summed E-state index contributed by atoms with van der Waals surface area (Å²) in [5.74, 6) is -0.568. The Morgan fingerprint density at radius 1 is 1.23 bits per heavy atom. The third-order valence-electron chi connectivity index (χ3n) is 4.53. The van der Waals surface area contributed by atoms with E-state index < -0.39 is 5.82 Å². The Kier molecular flexibility index (Phi) is 6.53. The molecule has 1 aromatic heterocycles. The number of carbonyl (C=O) groups excluding carboxylic acids is 1. The molecule has 2 heterocycles. The van der Waals surface area contributed by atoms with Gasteiger partial charge in [-0.1, -0.05) is 23.2 Å². The molecule has 1 fully saturated rings. The van der Waals surface area contributed by atoms with E-state index in [1.807, 2.05) is 13.0 Å². The van der Waals surface area contributed by atoms with Gasteiger partial charge in [-0.25, -0.2) is 4.39 Å². The summed E-state index contributed by atoms with van der Waals surface area (Å²) >= 11 is 13.6. The topological polar surface area (TPSA) is 35.6 Å². The minimum Gasteiger partial charge on any atom is -0.323 e. The van der Waals surface area contributed by atoms with Crippen LogP contribution in [0.5, 0.6) is 0 Å². The fourth-order valence-corrected chi connectivity index (χ4v) is 4.30. The minimum atomic E-state index is -0.427. The summed E-state index contributed by atoms with van der Waals surface area (Å²) in [5.41, 5.74) is 0.429. The smallest absolute Gasteiger partial charge is 0.241 e. The lowest BCUT2D eigenvalue weighted by Gasteiger charge is -2.37. The zero-order valence-electron chi connectivity index (χ0n) is 14.3. The van der Waals surface area contributed by atoms with E-state index in [0.717, 1.165) is 37.1 Å². The summed E-state index contributed by atoms with van der Waals surface area (Å²) in [6.07, 6.45) is 0. The number of nitrogens with zero attached hydrogens (tertiary/aromatic N) is 2. The molecule has 0 bridgehead atoms. The highest BCUT2D eigenvalue weighted by Gasteiger charge is 2.26. The van der Waals surface area contributed by atoms with Gasteiger partial charge in [0.1, 0.15) is 5.82 Å². The number of hydrogen-bond acceptors (Lipinski definition) is 4. The van der Waals surface area contributed by atoms with Crippen LogP contribution >= 0.6 is 34.5 Å². The van der Waals surface area contributed by atoms with Crippen molar-refractivity contribution in [2.75, 3.05) is 31.5 Å². The largest absolute Gasteiger partial charge is 0.323 e. The van der Waals surface area contributed by atoms with Crippen LogP contribution in [0.15, 0.2) is 30.3 Å². The number of piperazine rings is 1. The van der Waals surface area contributed by atoms with Gasteiger partial charge in [-0.05, 0) is 37.3 Å². The van der Waals surface area contributed by atoms with E-state index in [-0.39, 0.29) is 17.0 Å². The van der Waals surface area contributed by atoms with Gasteiger partial charge in [0.25, 0.3) is 0 Å². The first-order valence-electron chi connectivity index (χ1n) is 8.39. The molecule has 1 aromatic carbocycles. The molecule has 2 aromatic rings. The third kappa shape index (κ3) is 4.96. The Labute approximate surface area is 166 Å². The average Bonchev–Trinajstić information content (AvgIpc) is 3.02. The van der Waals surface area contributed by atoms with Gasteiger partial charge in [0, 0.05) is 37.6 Å². The van der Waals surface area contributed by atoms with Crippen LogP contribution in [0, 0.1) is 5.82 Å². The number of benzene rings is 1. The molecular weight excluding hydrogens is 396 g/mol. The molecule has 140 valence electrons. The van der Waals surface area contributed by atoms with E-state index in [2.05, 4.69) is 21.2 Å². The lowest BCUT2D eigenvalue weighted by Crippen LogP contribution is -2.52. The van der Waals surface area contributed by atoms with Crippen LogP contribution < -0.4 is 5.32 Å². The summed E-state index contributed by atoms with van der Waals surface area (Å²) in [5, 5.41) is 2.98. The van der Waals surface area contributed by atoms with Crippen molar-refractivity contribution in [3.05, 3.63) is 50.4 Å². The van der Waals surface area contributed by atoms with Crippen LogP contribution in [-0.4, -0.2) is 47.9 Å². The number of hydrogen-bond donors (Lipinski definition) is 1. The van der Waals surface area contributed by atoms with Crippen molar-refractivity contribution in [1.29, 1.82) is 0 Å². The van der Waals surface area contributed by atoms with Gasteiger partial charge in [-0.3, -0.25) is 14.6 Å². The van der Waals surface area contributed by atoms with Crippen molar-refractivity contribution in [2.24, 2.45) is 0 Å². The zero-order valence-corrected chi connectivity index (χ0v) is 16.7. The lowest BCUT2D eigenvalue weighted by molar-refractivity contribution is -0.121. The fourth-order valence-electron chi connectivity index (χ4n) is 2.96. The molecule has 0 radical (unpaired) electrons. The van der Waals surface area contributed by atoms with Crippen LogP contribution in [-0.2, 0) is 11.3 Å². The van der Waals surface area contributed by atoms with Crippen LogP contribution in [0.1, 0.15) is 11.8 Å². The second-order valence-corrected chi connectivity index (χ2v) is 8.51. The Balaban J connectivity index is 1.51. The summed E-state index contributed by atoms with van der Waals surface area (Å²) < 4.78 is 13.9. The maximum absolute atomic E-state index is 13.1. The molecule has 1 amide bonds. The number of amides is 1. The van der Waals surface area contributed by atoms with Crippen LogP contribution in [0.25, 0.3) is 0 Å². The second-order valence-electron chi connectivity index (χ2n) is 6.31. The number of rotatable bonds is 5. The van der Waals surface area contributed by atoms with Crippen molar-refractivity contribution in [3.63, 3.8) is 0 Å². The van der Waals surface area contributed by atoms with Gasteiger partial charge in [0.2, 0.25) is 5.91 Å². The van der Waals surface area contributed by atoms with Crippen LogP contribution in [0.3, 0.4) is 0 Å². The van der Waals surface area contributed by atoms with Crippen molar-refractivity contribution in [3.8, 4) is 0 Å². The number of nitrogens with one attached hydrogen (secondary N) is 1. The summed E-state index contributed by atoms with van der Waals surface area (Å²) in [6.45, 7) is 6.17. The molecule has 26 heavy (non-hydrogen) atoms. The summed E-state index contributed by atoms with van der Waals surface area (Å²) in [6, 6.07) is 7.65. The van der Waals surface area contributed by atoms with Crippen molar-refractivity contribution in [2.45, 2.75) is 19.5 Å². The Morgan fingerprint density at radius 3 is 2.58 bits per heavy atom. The summed E-state index contributed by atoms with van der Waals surface area (Å²) in [4.78, 5) is 18.2. The molecule has 0 spiro atoms. The average molecular weight is 416 g/mol. The quantitative estimate of drug-likeness (QED) is 0.788. The molecule has 0 saturated carbocycles. The first-order valence-corrected chi connectivity index (χ1v) is 9.96. The van der Waals surface area contributed by atoms with Gasteiger partial charge < -0.3 is 5.32 Å². The molecule has 3 rings (SSSR count). The predicted molar refractivity (Wildman–Crippen MR) is 106 cm³/mol. The van der Waals surface area contributed by atoms with Crippen LogP contribution in [0.2, 0.25) is 9.36 Å². The first-order chi connectivity index (χ1) is 12.4. The summed E-state index contributed by atoms with van der Waals surface area (Å²) in [7, 11) is 0. The highest BCUT2D eigenvalue weighted by atomic mass is 35.5. The number of carbonyl (C=O) groups is 1. The molecule has 1 aliphatic heterocycles. The molecule has 0 aliphatic carbocycles. The second kappa shape index (κ2) is 8.67. The molecule has 1 saturated heterocycles. The Morgan fingerprint density at radius 2 is 1.96 bits per heavy atom. The van der Waals surface area contributed by atoms with Gasteiger partial charge in [-0.2, -0.15) is 0 Å². The predicted octanol–water partition coefficient (Wildman–Crippen LogP) is 4.34. The maximum Gasteiger partial charge on any atom is 0.241 e. The standard InChI is InChI=1S/C18H20Cl2FN3OS/c1-12(18(25)22-16-4-2-13(21)10-15(16)19)24-8-6-23(7-9-24)11-14-3-5-17(20)26-14/h2-5,10,12H,6-9,11H2,1H3,(H,22,25)/t12-/m1/s1. The van der Waals surface area contributed by atoms with E-state index in [0.29, 0.717) is 5.69 Å². The monoisotopic (exact) mass is 415 g/mol. The first kappa shape index (κ1) is 19.6. The highest BCUT2D eigenvalue weighted by molar-refractivity contribution is 7.16. The van der Waals surface area contributed by atoms with Gasteiger partial charge in [0.15, 0.2) is 0 Å². The normalized spacial score (nSPS) is 17.2. The maximum atomic E-state index is 13.1. The fraction of sp³-hybridized carbons (Fsp3) is 0.389. The minimum absolute atomic E-state index is 0.142. The zero-order chi connectivity index (χ0) is 18.7. The van der Waals surface area contributed by atoms with Gasteiger partial charge >= 0.3 is 0 Å². The van der Waals surface area contributed by atoms with Crippen molar-refractivity contribution in [1.82, 2.24) is 9.80 Å². The molecule has 0 unspecified atom stereocenters. The SMILES string of the molecule is C[C@H](C(=O)Nc1ccc(F)cc1Cl)N1CCN(Cc2ccc(Cl)s2)CC1. The van der Waals surface area contributed by atoms with Gasteiger partial charge in [0.05, 0.1) is 21.1 Å².